The summed E-state index contributed by atoms with van der Waals surface area (Å²) in [4.78, 5) is 12.0. The average Bonchev–Trinajstić information content (AvgIpc) is 3.13. The van der Waals surface area contributed by atoms with Crippen molar-refractivity contribution in [3.8, 4) is 0 Å². The predicted octanol–water partition coefficient (Wildman–Crippen LogP) is 1.56. The van der Waals surface area contributed by atoms with E-state index in [9.17, 15) is 4.79 Å². The van der Waals surface area contributed by atoms with Gasteiger partial charge in [0.25, 0.3) is 0 Å². The smallest absolute Gasteiger partial charge is 0.226 e. The fraction of sp³-hybridized carbons (Fsp3) is 0.267. The van der Waals surface area contributed by atoms with Gasteiger partial charge in [0.15, 0.2) is 5.58 Å². The first-order chi connectivity index (χ1) is 10.8. The number of nitrogens with zero attached hydrogens (tertiary/aromatic N) is 2. The molecule has 0 radical (unpaired) electrons. The number of H-pyrrole nitrogens is 1. The summed E-state index contributed by atoms with van der Waals surface area (Å²) < 4.78 is 10.2. The highest BCUT2D eigenvalue weighted by atomic mass is 16.5. The lowest BCUT2D eigenvalue weighted by Crippen LogP contribution is -2.24. The van der Waals surface area contributed by atoms with Crippen LogP contribution in [0.1, 0.15) is 17.1 Å². The van der Waals surface area contributed by atoms with Crippen LogP contribution in [0.4, 0.5) is 0 Å². The third-order valence-electron chi connectivity index (χ3n) is 3.23. The van der Waals surface area contributed by atoms with Crippen molar-refractivity contribution < 1.29 is 14.1 Å². The number of methoxy groups -OCH3 is 1. The van der Waals surface area contributed by atoms with Gasteiger partial charge in [-0.25, -0.2) is 0 Å². The zero-order chi connectivity index (χ0) is 15.4. The molecule has 7 nitrogen and oxygen atoms in total. The van der Waals surface area contributed by atoms with Gasteiger partial charge in [0.1, 0.15) is 5.69 Å². The summed E-state index contributed by atoms with van der Waals surface area (Å²) in [5, 5.41) is 14.6. The molecule has 0 bridgehead atoms. The van der Waals surface area contributed by atoms with Crippen LogP contribution in [-0.2, 0) is 29.1 Å². The fourth-order valence-electron chi connectivity index (χ4n) is 2.20. The minimum Gasteiger partial charge on any atom is -0.378 e. The Morgan fingerprint density at radius 1 is 1.41 bits per heavy atom. The van der Waals surface area contributed by atoms with Crippen LogP contribution in [0.25, 0.3) is 11.0 Å². The monoisotopic (exact) mass is 300 g/mol. The van der Waals surface area contributed by atoms with E-state index in [1.54, 1.807) is 7.11 Å². The molecule has 22 heavy (non-hydrogen) atoms. The van der Waals surface area contributed by atoms with Crippen molar-refractivity contribution in [1.82, 2.24) is 20.7 Å². The lowest BCUT2D eigenvalue weighted by Gasteiger charge is -2.01. The van der Waals surface area contributed by atoms with Gasteiger partial charge in [0, 0.05) is 12.5 Å². The SMILES string of the molecule is COCc1cc(CNC(=O)Cc2noc3ccccc23)[nH]n1. The zero-order valence-corrected chi connectivity index (χ0v) is 12.1. The Hall–Kier alpha value is -2.67. The third-order valence-corrected chi connectivity index (χ3v) is 3.23. The Labute approximate surface area is 126 Å². The molecule has 1 aromatic carbocycles. The van der Waals surface area contributed by atoms with Crippen molar-refractivity contribution in [2.75, 3.05) is 7.11 Å². The van der Waals surface area contributed by atoms with Gasteiger partial charge in [-0.05, 0) is 18.2 Å². The topological polar surface area (TPSA) is 93.0 Å². The summed E-state index contributed by atoms with van der Waals surface area (Å²) in [6.45, 7) is 0.820. The number of fused-ring (bicyclic) bond motifs is 1. The first kappa shape index (κ1) is 14.3. The second-order valence-corrected chi connectivity index (χ2v) is 4.90. The number of aromatic amines is 1. The summed E-state index contributed by atoms with van der Waals surface area (Å²) in [5.74, 6) is -0.123. The van der Waals surface area contributed by atoms with Gasteiger partial charge in [0.2, 0.25) is 5.91 Å². The molecule has 3 rings (SSSR count). The summed E-state index contributed by atoms with van der Waals surface area (Å²) in [7, 11) is 1.61. The summed E-state index contributed by atoms with van der Waals surface area (Å²) in [6, 6.07) is 9.33. The first-order valence-electron chi connectivity index (χ1n) is 6.88. The van der Waals surface area contributed by atoms with E-state index in [1.807, 2.05) is 30.3 Å². The van der Waals surface area contributed by atoms with Gasteiger partial charge >= 0.3 is 0 Å². The molecule has 0 aliphatic heterocycles. The molecule has 0 fully saturated rings. The highest BCUT2D eigenvalue weighted by Gasteiger charge is 2.12. The normalized spacial score (nSPS) is 11.0. The molecule has 0 spiro atoms. The Balaban J connectivity index is 1.58. The number of hydrogen-bond acceptors (Lipinski definition) is 5. The number of carbonyl (C=O) groups excluding carboxylic acids is 1. The van der Waals surface area contributed by atoms with Crippen LogP contribution in [0.3, 0.4) is 0 Å². The van der Waals surface area contributed by atoms with Gasteiger partial charge in [0.05, 0.1) is 31.0 Å². The summed E-state index contributed by atoms with van der Waals surface area (Å²) in [6.07, 6.45) is 0.177. The van der Waals surface area contributed by atoms with Gasteiger partial charge < -0.3 is 14.6 Å². The van der Waals surface area contributed by atoms with Crippen molar-refractivity contribution in [2.24, 2.45) is 0 Å². The summed E-state index contributed by atoms with van der Waals surface area (Å²) in [5.41, 5.74) is 2.94. The first-order valence-corrected chi connectivity index (χ1v) is 6.88. The molecule has 0 saturated carbocycles. The number of nitrogens with one attached hydrogen (secondary N) is 2. The number of para-hydroxylation sites is 1. The second kappa shape index (κ2) is 6.40. The molecule has 7 heteroatoms. The van der Waals surface area contributed by atoms with E-state index < -0.39 is 0 Å². The number of hydrogen-bond donors (Lipinski definition) is 2. The summed E-state index contributed by atoms with van der Waals surface area (Å²) >= 11 is 0. The number of rotatable bonds is 6. The molecule has 0 aliphatic rings. The van der Waals surface area contributed by atoms with Crippen LogP contribution in [0.15, 0.2) is 34.9 Å². The van der Waals surface area contributed by atoms with Gasteiger partial charge in [-0.1, -0.05) is 17.3 Å². The van der Waals surface area contributed by atoms with Gasteiger partial charge in [-0.2, -0.15) is 5.10 Å². The van der Waals surface area contributed by atoms with Crippen molar-refractivity contribution in [3.05, 3.63) is 47.4 Å². The largest absolute Gasteiger partial charge is 0.378 e. The minimum atomic E-state index is -0.123. The molecule has 2 heterocycles. The van der Waals surface area contributed by atoms with Crippen LogP contribution in [0, 0.1) is 0 Å². The lowest BCUT2D eigenvalue weighted by molar-refractivity contribution is -0.120. The molecular formula is C15H16N4O3. The number of aromatic nitrogens is 3. The standard InChI is InChI=1S/C15H16N4O3/c1-21-9-11-6-10(17-18-11)8-16-15(20)7-13-12-4-2-3-5-14(12)22-19-13/h2-6H,7-9H2,1H3,(H,16,20)(H,17,18). The second-order valence-electron chi connectivity index (χ2n) is 4.90. The lowest BCUT2D eigenvalue weighted by atomic mass is 10.1. The van der Waals surface area contributed by atoms with E-state index in [4.69, 9.17) is 9.26 Å². The van der Waals surface area contributed by atoms with Crippen LogP contribution in [0.5, 0.6) is 0 Å². The van der Waals surface area contributed by atoms with Gasteiger partial charge in [-0.15, -0.1) is 0 Å². The highest BCUT2D eigenvalue weighted by molar-refractivity contribution is 5.86. The maximum atomic E-state index is 12.0. The molecule has 1 amide bonds. The van der Waals surface area contributed by atoms with Crippen molar-refractivity contribution >= 4 is 16.9 Å². The predicted molar refractivity (Wildman–Crippen MR) is 78.9 cm³/mol. The van der Waals surface area contributed by atoms with Crippen molar-refractivity contribution in [3.63, 3.8) is 0 Å². The molecule has 3 aromatic rings. The third kappa shape index (κ3) is 3.15. The molecular weight excluding hydrogens is 284 g/mol. The van der Waals surface area contributed by atoms with Crippen LogP contribution in [-0.4, -0.2) is 28.4 Å². The Kier molecular flexibility index (Phi) is 4.15. The van der Waals surface area contributed by atoms with E-state index in [1.165, 1.54) is 0 Å². The molecule has 0 aliphatic carbocycles. The van der Waals surface area contributed by atoms with E-state index in [-0.39, 0.29) is 12.3 Å². The Morgan fingerprint density at radius 3 is 3.14 bits per heavy atom. The molecule has 2 N–H and O–H groups in total. The van der Waals surface area contributed by atoms with Crippen molar-refractivity contribution in [2.45, 2.75) is 19.6 Å². The Morgan fingerprint density at radius 2 is 2.27 bits per heavy atom. The van der Waals surface area contributed by atoms with E-state index >= 15 is 0 Å². The van der Waals surface area contributed by atoms with Crippen LogP contribution in [0.2, 0.25) is 0 Å². The maximum absolute atomic E-state index is 12.0. The highest BCUT2D eigenvalue weighted by Crippen LogP contribution is 2.17. The molecule has 114 valence electrons. The molecule has 0 saturated heterocycles. The fourth-order valence-corrected chi connectivity index (χ4v) is 2.20. The molecule has 0 unspecified atom stereocenters. The quantitative estimate of drug-likeness (QED) is 0.720. The zero-order valence-electron chi connectivity index (χ0n) is 12.1. The van der Waals surface area contributed by atoms with Gasteiger partial charge in [-0.3, -0.25) is 9.89 Å². The average molecular weight is 300 g/mol. The van der Waals surface area contributed by atoms with E-state index in [0.717, 1.165) is 16.8 Å². The van der Waals surface area contributed by atoms with Crippen LogP contribution < -0.4 is 5.32 Å². The van der Waals surface area contributed by atoms with E-state index in [2.05, 4.69) is 20.7 Å². The van der Waals surface area contributed by atoms with Crippen LogP contribution >= 0.6 is 0 Å². The maximum Gasteiger partial charge on any atom is 0.226 e. The minimum absolute atomic E-state index is 0.123. The number of amides is 1. The molecule has 2 aromatic heterocycles. The van der Waals surface area contributed by atoms with Crippen molar-refractivity contribution in [1.29, 1.82) is 0 Å². The number of ether oxygens (including phenoxy) is 1. The van der Waals surface area contributed by atoms with E-state index in [0.29, 0.717) is 24.4 Å². The molecule has 0 atom stereocenters. The number of carbonyl (C=O) groups is 1. The Bertz CT molecular complexity index is 778. The number of benzene rings is 1.